The highest BCUT2D eigenvalue weighted by Crippen LogP contribution is 2.43. The van der Waals surface area contributed by atoms with Crippen molar-refractivity contribution in [3.8, 4) is 56.7 Å². The Balaban J connectivity index is 1.09. The summed E-state index contributed by atoms with van der Waals surface area (Å²) in [5.74, 6) is 1.83. The average molecular weight is 822 g/mol. The molecule has 294 valence electrons. The normalized spacial score (nSPS) is 11.8. The number of nitrogens with zero attached hydrogens (tertiary/aromatic N) is 5. The molecule has 0 spiro atoms. The van der Waals surface area contributed by atoms with Crippen molar-refractivity contribution in [3.05, 3.63) is 212 Å². The van der Waals surface area contributed by atoms with Gasteiger partial charge in [0.1, 0.15) is 0 Å². The average Bonchev–Trinajstić information content (AvgIpc) is 4.02. The Hall–Kier alpha value is -8.19. The van der Waals surface area contributed by atoms with Gasteiger partial charge in [-0.25, -0.2) is 4.98 Å². The van der Waals surface area contributed by atoms with Crippen LogP contribution < -0.4 is 0 Å². The molecule has 0 atom stereocenters. The van der Waals surface area contributed by atoms with Crippen LogP contribution in [-0.4, -0.2) is 24.1 Å². The van der Waals surface area contributed by atoms with Crippen LogP contribution >= 0.6 is 11.3 Å². The maximum absolute atomic E-state index is 5.47. The molecule has 0 saturated carbocycles. The molecule has 9 aromatic carbocycles. The van der Waals surface area contributed by atoms with Crippen molar-refractivity contribution in [3.63, 3.8) is 0 Å². The highest BCUT2D eigenvalue weighted by atomic mass is 32.1. The summed E-state index contributed by atoms with van der Waals surface area (Å²) in [5, 5.41) is 7.05. The zero-order valence-corrected chi connectivity index (χ0v) is 34.7. The predicted molar refractivity (Wildman–Crippen MR) is 263 cm³/mol. The summed E-state index contributed by atoms with van der Waals surface area (Å²) in [6.07, 6.45) is 0. The number of benzene rings is 9. The second kappa shape index (κ2) is 14.2. The first-order valence-electron chi connectivity index (χ1n) is 21.2. The van der Waals surface area contributed by atoms with E-state index < -0.39 is 0 Å². The van der Waals surface area contributed by atoms with Crippen LogP contribution in [0.15, 0.2) is 212 Å². The number of hydrogen-bond acceptors (Lipinski definition) is 4. The zero-order chi connectivity index (χ0) is 41.4. The van der Waals surface area contributed by atoms with Gasteiger partial charge < -0.3 is 4.57 Å². The van der Waals surface area contributed by atoms with Gasteiger partial charge in [0.2, 0.25) is 5.95 Å². The monoisotopic (exact) mass is 821 g/mol. The third kappa shape index (κ3) is 5.59. The maximum atomic E-state index is 5.47. The molecule has 0 aliphatic heterocycles. The van der Waals surface area contributed by atoms with Gasteiger partial charge in [-0.05, 0) is 58.7 Å². The summed E-state index contributed by atoms with van der Waals surface area (Å²) in [7, 11) is 0. The third-order valence-electron chi connectivity index (χ3n) is 12.4. The molecule has 13 rings (SSSR count). The molecule has 4 heterocycles. The molecule has 5 nitrogen and oxygen atoms in total. The van der Waals surface area contributed by atoms with Crippen molar-refractivity contribution in [2.75, 3.05) is 0 Å². The van der Waals surface area contributed by atoms with Crippen LogP contribution in [-0.2, 0) is 0 Å². The fraction of sp³-hybridized carbons (Fsp3) is 0. The molecule has 13 aromatic rings. The van der Waals surface area contributed by atoms with E-state index in [4.69, 9.17) is 15.0 Å². The minimum absolute atomic E-state index is 0.570. The lowest BCUT2D eigenvalue weighted by Gasteiger charge is -2.14. The topological polar surface area (TPSA) is 48.5 Å². The Kier molecular flexibility index (Phi) is 8.01. The maximum Gasteiger partial charge on any atom is 0.238 e. The van der Waals surface area contributed by atoms with Crippen LogP contribution in [0.5, 0.6) is 0 Å². The zero-order valence-electron chi connectivity index (χ0n) is 33.9. The van der Waals surface area contributed by atoms with Gasteiger partial charge in [-0.1, -0.05) is 176 Å². The second-order valence-corrected chi connectivity index (χ2v) is 17.0. The first kappa shape index (κ1) is 35.6. The van der Waals surface area contributed by atoms with Crippen LogP contribution in [0.3, 0.4) is 0 Å². The Morgan fingerprint density at radius 2 is 0.825 bits per heavy atom. The molecule has 4 aromatic heterocycles. The Morgan fingerprint density at radius 1 is 0.317 bits per heavy atom. The van der Waals surface area contributed by atoms with E-state index in [0.29, 0.717) is 17.6 Å². The summed E-state index contributed by atoms with van der Waals surface area (Å²) < 4.78 is 7.10. The number of rotatable bonds is 6. The molecule has 0 radical (unpaired) electrons. The van der Waals surface area contributed by atoms with Crippen molar-refractivity contribution in [1.29, 1.82) is 0 Å². The van der Waals surface area contributed by atoms with Crippen LogP contribution in [0.4, 0.5) is 0 Å². The van der Waals surface area contributed by atoms with Crippen molar-refractivity contribution in [1.82, 2.24) is 24.1 Å². The van der Waals surface area contributed by atoms with Gasteiger partial charge in [-0.15, -0.1) is 11.3 Å². The SMILES string of the molecule is c1ccc(-c2nc(-c3cccc4c3sc3ccccc34)nc(-n3c4ccccc4c4ccc5c6ccccc6n(-c6ccc(-c7ccccc7-c7ccccc7)cc6)c5c43)n2)cc1. The highest BCUT2D eigenvalue weighted by molar-refractivity contribution is 7.26. The fourth-order valence-electron chi connectivity index (χ4n) is 9.60. The molecule has 0 amide bonds. The summed E-state index contributed by atoms with van der Waals surface area (Å²) >= 11 is 1.79. The van der Waals surface area contributed by atoms with E-state index in [0.717, 1.165) is 65.3 Å². The largest absolute Gasteiger partial charge is 0.307 e. The number of fused-ring (bicyclic) bond motifs is 10. The Morgan fingerprint density at radius 3 is 1.52 bits per heavy atom. The minimum atomic E-state index is 0.570. The van der Waals surface area contributed by atoms with E-state index in [9.17, 15) is 0 Å². The quantitative estimate of drug-likeness (QED) is 0.168. The van der Waals surface area contributed by atoms with Gasteiger partial charge in [0.25, 0.3) is 0 Å². The second-order valence-electron chi connectivity index (χ2n) is 16.0. The smallest absolute Gasteiger partial charge is 0.238 e. The predicted octanol–water partition coefficient (Wildman–Crippen LogP) is 15.1. The first-order valence-corrected chi connectivity index (χ1v) is 22.0. The van der Waals surface area contributed by atoms with Gasteiger partial charge in [0, 0.05) is 58.5 Å². The highest BCUT2D eigenvalue weighted by Gasteiger charge is 2.24. The molecule has 0 bridgehead atoms. The Labute approximate surface area is 366 Å². The van der Waals surface area contributed by atoms with Crippen molar-refractivity contribution in [2.45, 2.75) is 0 Å². The number of para-hydroxylation sites is 2. The van der Waals surface area contributed by atoms with Crippen LogP contribution in [0.25, 0.3) is 120 Å². The van der Waals surface area contributed by atoms with E-state index in [1.54, 1.807) is 11.3 Å². The molecule has 0 unspecified atom stereocenters. The van der Waals surface area contributed by atoms with E-state index >= 15 is 0 Å². The molecular weight excluding hydrogens is 787 g/mol. The molecule has 0 aliphatic rings. The summed E-state index contributed by atoms with van der Waals surface area (Å²) in [6, 6.07) is 75.6. The fourth-order valence-corrected chi connectivity index (χ4v) is 10.8. The van der Waals surface area contributed by atoms with Crippen LogP contribution in [0.2, 0.25) is 0 Å². The molecule has 63 heavy (non-hydrogen) atoms. The molecule has 0 N–H and O–H groups in total. The van der Waals surface area contributed by atoms with Gasteiger partial charge in [-0.3, -0.25) is 4.57 Å². The molecule has 0 aliphatic carbocycles. The van der Waals surface area contributed by atoms with E-state index in [-0.39, 0.29) is 0 Å². The lowest BCUT2D eigenvalue weighted by molar-refractivity contribution is 0.954. The first-order chi connectivity index (χ1) is 31.3. The third-order valence-corrected chi connectivity index (χ3v) is 13.6. The number of aromatic nitrogens is 5. The van der Waals surface area contributed by atoms with E-state index in [1.807, 2.05) is 18.2 Å². The van der Waals surface area contributed by atoms with Crippen molar-refractivity contribution < 1.29 is 0 Å². The van der Waals surface area contributed by atoms with E-state index in [1.165, 1.54) is 37.5 Å². The van der Waals surface area contributed by atoms with Crippen LogP contribution in [0.1, 0.15) is 0 Å². The molecular formula is C57H35N5S. The van der Waals surface area contributed by atoms with Crippen molar-refractivity contribution in [2.24, 2.45) is 0 Å². The summed E-state index contributed by atoms with van der Waals surface area (Å²) in [5.41, 5.74) is 12.1. The van der Waals surface area contributed by atoms with Crippen LogP contribution in [0, 0.1) is 0 Å². The Bertz CT molecular complexity index is 3900. The van der Waals surface area contributed by atoms with Gasteiger partial charge in [0.05, 0.1) is 22.1 Å². The summed E-state index contributed by atoms with van der Waals surface area (Å²) in [4.78, 5) is 16.1. The van der Waals surface area contributed by atoms with Gasteiger partial charge in [-0.2, -0.15) is 9.97 Å². The number of thiophene rings is 1. The lowest BCUT2D eigenvalue weighted by atomic mass is 9.94. The molecule has 0 fully saturated rings. The minimum Gasteiger partial charge on any atom is -0.307 e. The van der Waals surface area contributed by atoms with E-state index in [2.05, 4.69) is 203 Å². The molecule has 6 heteroatoms. The van der Waals surface area contributed by atoms with Gasteiger partial charge in [0.15, 0.2) is 11.6 Å². The van der Waals surface area contributed by atoms with Gasteiger partial charge >= 0.3 is 0 Å². The van der Waals surface area contributed by atoms with Crippen molar-refractivity contribution >= 4 is 75.1 Å². The molecule has 0 saturated heterocycles. The summed E-state index contributed by atoms with van der Waals surface area (Å²) in [6.45, 7) is 0. The standard InChI is InChI=1S/C57H35N5S/c1-3-16-36(17-4-1)40-20-7-8-21-41(40)37-30-32-39(33-31-37)61-49-27-12-9-22-42(49)45-34-35-46-43-23-10-13-28-50(43)62(53(46)52(45)61)57-59-55(38-18-5-2-6-19-38)58-56(60-57)48-26-15-25-47-44-24-11-14-29-51(44)63-54(47)48/h1-35H. The lowest BCUT2D eigenvalue weighted by Crippen LogP contribution is -2.07. The number of hydrogen-bond donors (Lipinski definition) is 0.